The van der Waals surface area contributed by atoms with Gasteiger partial charge in [-0.15, -0.1) is 0 Å². The lowest BCUT2D eigenvalue weighted by Gasteiger charge is -2.14. The molecule has 0 saturated heterocycles. The van der Waals surface area contributed by atoms with Crippen LogP contribution in [0.15, 0.2) is 66.9 Å². The van der Waals surface area contributed by atoms with Gasteiger partial charge in [0.05, 0.1) is 6.54 Å². The van der Waals surface area contributed by atoms with Gasteiger partial charge in [-0.25, -0.2) is 13.6 Å². The van der Waals surface area contributed by atoms with Crippen LogP contribution in [0.2, 0.25) is 10.0 Å². The van der Waals surface area contributed by atoms with E-state index in [9.17, 15) is 13.6 Å². The molecule has 4 nitrogen and oxygen atoms in total. The second-order valence-corrected chi connectivity index (χ2v) is 9.02. The van der Waals surface area contributed by atoms with Crippen LogP contribution in [0, 0.1) is 25.5 Å². The number of benzene rings is 3. The van der Waals surface area contributed by atoms with Gasteiger partial charge in [-0.3, -0.25) is 0 Å². The highest BCUT2D eigenvalue weighted by molar-refractivity contribution is 6.36. The number of carbonyl (C=O) groups is 1. The Morgan fingerprint density at radius 1 is 0.971 bits per heavy atom. The maximum absolute atomic E-state index is 13.5. The van der Waals surface area contributed by atoms with E-state index in [1.165, 1.54) is 0 Å². The van der Waals surface area contributed by atoms with E-state index < -0.39 is 17.7 Å². The van der Waals surface area contributed by atoms with Crippen LogP contribution in [0.3, 0.4) is 0 Å². The van der Waals surface area contributed by atoms with Gasteiger partial charge in [0.2, 0.25) is 5.88 Å². The molecule has 0 aliphatic heterocycles. The van der Waals surface area contributed by atoms with Gasteiger partial charge >= 0.3 is 6.09 Å². The highest BCUT2D eigenvalue weighted by atomic mass is 35.5. The fraction of sp³-hybridized carbons (Fsp3) is 0.148. The zero-order valence-electron chi connectivity index (χ0n) is 19.0. The minimum absolute atomic E-state index is 0.108. The van der Waals surface area contributed by atoms with Gasteiger partial charge in [-0.2, -0.15) is 0 Å². The number of nitrogens with one attached hydrogen (secondary N) is 1. The molecule has 3 aromatic carbocycles. The van der Waals surface area contributed by atoms with Gasteiger partial charge in [0.25, 0.3) is 0 Å². The van der Waals surface area contributed by atoms with Crippen molar-refractivity contribution in [2.45, 2.75) is 26.9 Å². The van der Waals surface area contributed by atoms with Crippen LogP contribution in [-0.2, 0) is 13.1 Å². The topological polar surface area (TPSA) is 43.3 Å². The van der Waals surface area contributed by atoms with Crippen molar-refractivity contribution >= 4 is 29.3 Å². The number of aromatic nitrogens is 1. The molecule has 1 amide bonds. The molecule has 0 unspecified atom stereocenters. The first kappa shape index (κ1) is 24.8. The van der Waals surface area contributed by atoms with E-state index in [-0.39, 0.29) is 18.7 Å². The third kappa shape index (κ3) is 5.84. The van der Waals surface area contributed by atoms with Gasteiger partial charge in [-0.1, -0.05) is 59.1 Å². The Labute approximate surface area is 212 Å². The first-order valence-electron chi connectivity index (χ1n) is 10.8. The summed E-state index contributed by atoms with van der Waals surface area (Å²) in [6.45, 7) is 4.06. The summed E-state index contributed by atoms with van der Waals surface area (Å²) in [5.74, 6) is -1.15. The van der Waals surface area contributed by atoms with Crippen LogP contribution in [0.25, 0.3) is 11.1 Å². The normalized spacial score (nSPS) is 10.9. The van der Waals surface area contributed by atoms with Crippen LogP contribution in [0.1, 0.15) is 22.3 Å². The lowest BCUT2D eigenvalue weighted by atomic mass is 10.0. The number of hydrogen-bond acceptors (Lipinski definition) is 2. The fourth-order valence-corrected chi connectivity index (χ4v) is 4.35. The van der Waals surface area contributed by atoms with Crippen molar-refractivity contribution in [3.05, 3.63) is 111 Å². The minimum atomic E-state index is -0.771. The molecule has 0 spiro atoms. The molecule has 0 saturated carbocycles. The second kappa shape index (κ2) is 10.5. The number of amides is 1. The number of rotatable bonds is 6. The van der Waals surface area contributed by atoms with Crippen LogP contribution >= 0.6 is 23.2 Å². The standard InChI is InChI=1S/C27H22Cl2F2N2O2/c1-16-6-8-19(9-7-16)25-17(2)14-33(15-22-23(28)4-3-5-24(22)29)26(25)35-27(34)32-13-18-10-20(30)12-21(31)11-18/h3-12,14H,13,15H2,1-2H3,(H,32,34). The van der Waals surface area contributed by atoms with Crippen molar-refractivity contribution < 1.29 is 18.3 Å². The summed E-state index contributed by atoms with van der Waals surface area (Å²) in [6.07, 6.45) is 1.09. The Morgan fingerprint density at radius 3 is 2.23 bits per heavy atom. The monoisotopic (exact) mass is 514 g/mol. The molecule has 1 heterocycles. The second-order valence-electron chi connectivity index (χ2n) is 8.21. The lowest BCUT2D eigenvalue weighted by molar-refractivity contribution is 0.196. The molecule has 0 fully saturated rings. The molecular weight excluding hydrogens is 493 g/mol. The molecule has 180 valence electrons. The smallest absolute Gasteiger partial charge is 0.392 e. The van der Waals surface area contributed by atoms with Crippen LogP contribution < -0.4 is 10.1 Å². The number of hydrogen-bond donors (Lipinski definition) is 1. The largest absolute Gasteiger partial charge is 0.414 e. The number of halogens is 4. The highest BCUT2D eigenvalue weighted by Gasteiger charge is 2.21. The Balaban J connectivity index is 1.67. The van der Waals surface area contributed by atoms with Crippen molar-refractivity contribution in [2.24, 2.45) is 0 Å². The summed E-state index contributed by atoms with van der Waals surface area (Å²) < 4.78 is 34.5. The van der Waals surface area contributed by atoms with Crippen molar-refractivity contribution in [1.29, 1.82) is 0 Å². The molecule has 1 aromatic heterocycles. The molecule has 4 rings (SSSR count). The third-order valence-electron chi connectivity index (χ3n) is 5.50. The SMILES string of the molecule is Cc1ccc(-c2c(C)cn(Cc3c(Cl)cccc3Cl)c2OC(=O)NCc2cc(F)cc(F)c2)cc1. The molecule has 0 aliphatic carbocycles. The first-order chi connectivity index (χ1) is 16.7. The molecule has 35 heavy (non-hydrogen) atoms. The Hall–Kier alpha value is -3.35. The maximum atomic E-state index is 13.5. The van der Waals surface area contributed by atoms with Crippen LogP contribution in [0.4, 0.5) is 13.6 Å². The van der Waals surface area contributed by atoms with E-state index in [1.54, 1.807) is 22.8 Å². The molecule has 8 heteroatoms. The first-order valence-corrected chi connectivity index (χ1v) is 11.6. The number of aryl methyl sites for hydroxylation is 2. The molecule has 0 atom stereocenters. The summed E-state index contributed by atoms with van der Waals surface area (Å²) in [4.78, 5) is 12.8. The molecule has 1 N–H and O–H groups in total. The summed E-state index contributed by atoms with van der Waals surface area (Å²) in [5.41, 5.74) is 4.53. The highest BCUT2D eigenvalue weighted by Crippen LogP contribution is 2.37. The summed E-state index contributed by atoms with van der Waals surface area (Å²) >= 11 is 12.8. The van der Waals surface area contributed by atoms with Crippen molar-refractivity contribution in [1.82, 2.24) is 9.88 Å². The number of nitrogens with zero attached hydrogens (tertiary/aromatic N) is 1. The van der Waals surface area contributed by atoms with Gasteiger partial charge in [0.15, 0.2) is 0 Å². The Bertz CT molecular complexity index is 1340. The summed E-state index contributed by atoms with van der Waals surface area (Å²) in [7, 11) is 0. The van der Waals surface area contributed by atoms with E-state index in [1.807, 2.05) is 44.3 Å². The zero-order valence-corrected chi connectivity index (χ0v) is 20.6. The molecule has 0 radical (unpaired) electrons. The van der Waals surface area contributed by atoms with Crippen molar-refractivity contribution in [3.8, 4) is 17.0 Å². The number of carbonyl (C=O) groups excluding carboxylic acids is 1. The van der Waals surface area contributed by atoms with E-state index in [0.717, 1.165) is 40.5 Å². The summed E-state index contributed by atoms with van der Waals surface area (Å²) in [5, 5.41) is 3.53. The van der Waals surface area contributed by atoms with E-state index >= 15 is 0 Å². The van der Waals surface area contributed by atoms with Crippen LogP contribution in [0.5, 0.6) is 5.88 Å². The summed E-state index contributed by atoms with van der Waals surface area (Å²) in [6, 6.07) is 16.1. The van der Waals surface area contributed by atoms with Crippen molar-refractivity contribution in [3.63, 3.8) is 0 Å². The van der Waals surface area contributed by atoms with E-state index in [2.05, 4.69) is 5.32 Å². The van der Waals surface area contributed by atoms with Gasteiger partial charge < -0.3 is 14.6 Å². The average molecular weight is 515 g/mol. The minimum Gasteiger partial charge on any atom is -0.392 e. The van der Waals surface area contributed by atoms with Crippen molar-refractivity contribution in [2.75, 3.05) is 0 Å². The molecule has 0 bridgehead atoms. The molecular formula is C27H22Cl2F2N2O2. The average Bonchev–Trinajstić information content (AvgIpc) is 3.09. The predicted octanol–water partition coefficient (Wildman–Crippen LogP) is 7.69. The van der Waals surface area contributed by atoms with Gasteiger partial charge in [-0.05, 0) is 54.8 Å². The zero-order chi connectivity index (χ0) is 25.1. The fourth-order valence-electron chi connectivity index (χ4n) is 3.83. The van der Waals surface area contributed by atoms with Gasteiger partial charge in [0, 0.05) is 40.0 Å². The lowest BCUT2D eigenvalue weighted by Crippen LogP contribution is -2.27. The van der Waals surface area contributed by atoms with E-state index in [0.29, 0.717) is 21.5 Å². The van der Waals surface area contributed by atoms with Crippen LogP contribution in [-0.4, -0.2) is 10.7 Å². The number of ether oxygens (including phenoxy) is 1. The Morgan fingerprint density at radius 2 is 1.60 bits per heavy atom. The molecule has 4 aromatic rings. The van der Waals surface area contributed by atoms with Gasteiger partial charge in [0.1, 0.15) is 11.6 Å². The third-order valence-corrected chi connectivity index (χ3v) is 6.21. The van der Waals surface area contributed by atoms with E-state index in [4.69, 9.17) is 27.9 Å². The Kier molecular flexibility index (Phi) is 7.43. The maximum Gasteiger partial charge on any atom is 0.414 e. The molecule has 0 aliphatic rings. The predicted molar refractivity (Wildman–Crippen MR) is 134 cm³/mol. The quantitative estimate of drug-likeness (QED) is 0.286.